The van der Waals surface area contributed by atoms with Gasteiger partial charge in [-0.25, -0.2) is 4.98 Å². The van der Waals surface area contributed by atoms with Gasteiger partial charge in [0.15, 0.2) is 4.34 Å². The van der Waals surface area contributed by atoms with E-state index in [-0.39, 0.29) is 6.42 Å². The number of carboxylic acids is 1. The first-order chi connectivity index (χ1) is 5.09. The summed E-state index contributed by atoms with van der Waals surface area (Å²) in [5, 5.41) is 8.43. The predicted molar refractivity (Wildman–Crippen MR) is 44.0 cm³/mol. The molecule has 0 aromatic carbocycles. The van der Waals surface area contributed by atoms with E-state index >= 15 is 0 Å². The minimum Gasteiger partial charge on any atom is -0.481 e. The Morgan fingerprint density at radius 1 is 1.82 bits per heavy atom. The largest absolute Gasteiger partial charge is 0.481 e. The molecule has 0 spiro atoms. The highest BCUT2D eigenvalue weighted by Crippen LogP contribution is 2.20. The summed E-state index contributed by atoms with van der Waals surface area (Å²) in [4.78, 5) is 15.1. The van der Waals surface area contributed by atoms with Gasteiger partial charge in [-0.1, -0.05) is 0 Å². The zero-order valence-corrected chi connectivity index (χ0v) is 7.46. The molecular formula is C6H6NO2S2. The summed E-state index contributed by atoms with van der Waals surface area (Å²) in [6, 6.07) is 0. The lowest BCUT2D eigenvalue weighted by molar-refractivity contribution is -0.136. The second-order valence-corrected chi connectivity index (χ2v) is 3.90. The molecule has 0 amide bonds. The smallest absolute Gasteiger partial charge is 0.309 e. The van der Waals surface area contributed by atoms with Crippen molar-refractivity contribution >= 4 is 29.9 Å². The van der Waals surface area contributed by atoms with E-state index in [1.807, 2.05) is 6.92 Å². The van der Waals surface area contributed by atoms with Crippen molar-refractivity contribution in [2.24, 2.45) is 0 Å². The summed E-state index contributed by atoms with van der Waals surface area (Å²) in [6.07, 6.45) is -0.0288. The molecule has 1 radical (unpaired) electrons. The summed E-state index contributed by atoms with van der Waals surface area (Å²) in [5.41, 5.74) is 0.590. The summed E-state index contributed by atoms with van der Waals surface area (Å²) >= 11 is 6.14. The first-order valence-electron chi connectivity index (χ1n) is 2.94. The highest BCUT2D eigenvalue weighted by molar-refractivity contribution is 7.82. The average molecular weight is 188 g/mol. The molecule has 1 rings (SSSR count). The molecule has 1 aromatic heterocycles. The van der Waals surface area contributed by atoms with Crippen LogP contribution < -0.4 is 0 Å². The van der Waals surface area contributed by atoms with Gasteiger partial charge in [-0.05, 0) is 19.6 Å². The first-order valence-corrected chi connectivity index (χ1v) is 4.17. The van der Waals surface area contributed by atoms with E-state index in [4.69, 9.17) is 17.7 Å². The summed E-state index contributed by atoms with van der Waals surface area (Å²) in [7, 11) is 0. The quantitative estimate of drug-likeness (QED) is 0.767. The van der Waals surface area contributed by atoms with Gasteiger partial charge in [-0.2, -0.15) is 0 Å². The maximum Gasteiger partial charge on any atom is 0.309 e. The molecule has 1 heterocycles. The molecule has 11 heavy (non-hydrogen) atoms. The van der Waals surface area contributed by atoms with Crippen molar-refractivity contribution in [2.45, 2.75) is 17.7 Å². The molecule has 59 valence electrons. The number of thiazole rings is 1. The Morgan fingerprint density at radius 3 is 2.82 bits per heavy atom. The normalized spacial score (nSPS) is 9.91. The number of hydrogen-bond acceptors (Lipinski definition) is 3. The van der Waals surface area contributed by atoms with E-state index in [0.717, 1.165) is 4.88 Å². The number of aliphatic carboxylic acids is 1. The monoisotopic (exact) mass is 188 g/mol. The fourth-order valence-electron chi connectivity index (χ4n) is 0.709. The van der Waals surface area contributed by atoms with Crippen molar-refractivity contribution in [1.82, 2.24) is 4.98 Å². The first kappa shape index (κ1) is 8.42. The second-order valence-electron chi connectivity index (χ2n) is 2.05. The molecule has 0 aliphatic carbocycles. The third-order valence-corrected chi connectivity index (χ3v) is 2.34. The van der Waals surface area contributed by atoms with Crippen LogP contribution in [0.2, 0.25) is 0 Å². The fraction of sp³-hybridized carbons (Fsp3) is 0.333. The molecule has 0 saturated carbocycles. The van der Waals surface area contributed by atoms with Gasteiger partial charge in [-0.15, -0.1) is 11.3 Å². The second kappa shape index (κ2) is 3.15. The predicted octanol–water partition coefficient (Wildman–Crippen LogP) is 1.64. The fourth-order valence-corrected chi connectivity index (χ4v) is 1.85. The summed E-state index contributed by atoms with van der Waals surface area (Å²) < 4.78 is 0.513. The molecule has 1 N–H and O–H groups in total. The average Bonchev–Trinajstić information content (AvgIpc) is 2.09. The Bertz CT molecular complexity index is 282. The van der Waals surface area contributed by atoms with E-state index in [1.165, 1.54) is 11.3 Å². The summed E-state index contributed by atoms with van der Waals surface area (Å²) in [5.74, 6) is -0.867. The van der Waals surface area contributed by atoms with E-state index in [1.54, 1.807) is 0 Å². The van der Waals surface area contributed by atoms with Gasteiger partial charge < -0.3 is 5.11 Å². The molecule has 3 nitrogen and oxygen atoms in total. The van der Waals surface area contributed by atoms with Crippen LogP contribution in [0.4, 0.5) is 0 Å². The molecule has 0 aliphatic heterocycles. The van der Waals surface area contributed by atoms with Gasteiger partial charge in [0.1, 0.15) is 0 Å². The standard InChI is InChI=1S/C6H6NO2S2/c1-3-4(2-5(8)9)7-6(10)11-3/h2H2,1H3,(H,8,9). The van der Waals surface area contributed by atoms with Crippen LogP contribution in [0.3, 0.4) is 0 Å². The van der Waals surface area contributed by atoms with Gasteiger partial charge in [0.25, 0.3) is 0 Å². The van der Waals surface area contributed by atoms with Crippen molar-refractivity contribution in [2.75, 3.05) is 0 Å². The molecule has 0 atom stereocenters. The van der Waals surface area contributed by atoms with Crippen LogP contribution in [0.5, 0.6) is 0 Å². The highest BCUT2D eigenvalue weighted by atomic mass is 32.2. The molecular weight excluding hydrogens is 182 g/mol. The number of aryl methyl sites for hydroxylation is 1. The molecule has 0 bridgehead atoms. The lowest BCUT2D eigenvalue weighted by Gasteiger charge is -1.89. The van der Waals surface area contributed by atoms with Crippen molar-refractivity contribution in [3.63, 3.8) is 0 Å². The number of nitrogens with zero attached hydrogens (tertiary/aromatic N) is 1. The van der Waals surface area contributed by atoms with Crippen molar-refractivity contribution in [1.29, 1.82) is 0 Å². The molecule has 5 heteroatoms. The number of carbonyl (C=O) groups is 1. The van der Waals surface area contributed by atoms with Gasteiger partial charge in [0.2, 0.25) is 0 Å². The number of carboxylic acid groups (broad SMARTS) is 1. The van der Waals surface area contributed by atoms with Crippen LogP contribution >= 0.6 is 24.0 Å². The lowest BCUT2D eigenvalue weighted by Crippen LogP contribution is -2.01. The van der Waals surface area contributed by atoms with Crippen molar-refractivity contribution in [3.8, 4) is 0 Å². The third kappa shape index (κ3) is 2.13. The van der Waals surface area contributed by atoms with Crippen LogP contribution in [0, 0.1) is 6.92 Å². The Labute approximate surface area is 73.5 Å². The Balaban J connectivity index is 2.85. The van der Waals surface area contributed by atoms with Crippen molar-refractivity contribution in [3.05, 3.63) is 10.6 Å². The zero-order valence-electron chi connectivity index (χ0n) is 5.83. The van der Waals surface area contributed by atoms with Crippen LogP contribution in [-0.4, -0.2) is 16.1 Å². The van der Waals surface area contributed by atoms with E-state index in [9.17, 15) is 4.79 Å². The molecule has 0 aliphatic rings. The van der Waals surface area contributed by atoms with Gasteiger partial charge in [0.05, 0.1) is 12.1 Å². The van der Waals surface area contributed by atoms with Crippen LogP contribution in [0.25, 0.3) is 0 Å². The van der Waals surface area contributed by atoms with Crippen LogP contribution in [-0.2, 0) is 11.2 Å². The Hall–Kier alpha value is -0.680. The lowest BCUT2D eigenvalue weighted by atomic mass is 10.3. The number of hydrogen-bond donors (Lipinski definition) is 1. The topological polar surface area (TPSA) is 50.2 Å². The van der Waals surface area contributed by atoms with Crippen LogP contribution in [0.15, 0.2) is 4.34 Å². The minimum atomic E-state index is -0.867. The third-order valence-electron chi connectivity index (χ3n) is 1.19. The SMILES string of the molecule is Cc1sc([S])nc1CC(=O)O. The molecule has 0 saturated heterocycles. The zero-order chi connectivity index (χ0) is 8.43. The Morgan fingerprint density at radius 2 is 2.45 bits per heavy atom. The minimum absolute atomic E-state index is 0.0288. The van der Waals surface area contributed by atoms with Gasteiger partial charge in [-0.3, -0.25) is 4.79 Å². The molecule has 1 aromatic rings. The summed E-state index contributed by atoms with van der Waals surface area (Å²) in [6.45, 7) is 1.83. The molecule has 0 unspecified atom stereocenters. The van der Waals surface area contributed by atoms with Gasteiger partial charge >= 0.3 is 5.97 Å². The number of aromatic nitrogens is 1. The highest BCUT2D eigenvalue weighted by Gasteiger charge is 2.08. The van der Waals surface area contributed by atoms with Crippen molar-refractivity contribution < 1.29 is 9.90 Å². The van der Waals surface area contributed by atoms with E-state index < -0.39 is 5.97 Å². The maximum atomic E-state index is 10.3. The number of rotatable bonds is 2. The molecule has 0 fully saturated rings. The van der Waals surface area contributed by atoms with E-state index in [0.29, 0.717) is 10.0 Å². The van der Waals surface area contributed by atoms with Crippen LogP contribution in [0.1, 0.15) is 10.6 Å². The Kier molecular flexibility index (Phi) is 2.41. The van der Waals surface area contributed by atoms with Gasteiger partial charge in [0, 0.05) is 4.88 Å². The van der Waals surface area contributed by atoms with E-state index in [2.05, 4.69) is 4.98 Å². The maximum absolute atomic E-state index is 10.3.